The van der Waals surface area contributed by atoms with E-state index >= 15 is 0 Å². The molecule has 1 aromatic rings. The molecule has 1 aromatic heterocycles. The van der Waals surface area contributed by atoms with Crippen molar-refractivity contribution in [2.45, 2.75) is 33.2 Å². The van der Waals surface area contributed by atoms with E-state index in [0.717, 1.165) is 31.0 Å². The van der Waals surface area contributed by atoms with E-state index in [4.69, 9.17) is 0 Å². The second-order valence-corrected chi connectivity index (χ2v) is 5.10. The largest absolute Gasteiger partial charge is 0.368 e. The van der Waals surface area contributed by atoms with Crippen LogP contribution in [0, 0.1) is 6.92 Å². The molecule has 0 bridgehead atoms. The highest BCUT2D eigenvalue weighted by atomic mass is 15.1. The first-order valence-corrected chi connectivity index (χ1v) is 6.48. The Morgan fingerprint density at radius 1 is 1.28 bits per heavy atom. The average molecular weight is 251 g/mol. The molecule has 0 aromatic carbocycles. The lowest BCUT2D eigenvalue weighted by Gasteiger charge is -2.13. The highest BCUT2D eigenvalue weighted by Crippen LogP contribution is 2.10. The van der Waals surface area contributed by atoms with Crippen LogP contribution in [0.2, 0.25) is 0 Å². The highest BCUT2D eigenvalue weighted by Gasteiger charge is 2.03. The van der Waals surface area contributed by atoms with Crippen LogP contribution < -0.4 is 10.6 Å². The Bertz CT molecular complexity index is 362. The fourth-order valence-corrected chi connectivity index (χ4v) is 1.61. The molecule has 0 amide bonds. The lowest BCUT2D eigenvalue weighted by molar-refractivity contribution is 0.405. The maximum Gasteiger partial charge on any atom is 0.224 e. The molecule has 1 rings (SSSR count). The zero-order chi connectivity index (χ0) is 13.5. The maximum absolute atomic E-state index is 4.44. The van der Waals surface area contributed by atoms with Gasteiger partial charge >= 0.3 is 0 Å². The molecular weight excluding hydrogens is 226 g/mol. The summed E-state index contributed by atoms with van der Waals surface area (Å²) in [6, 6.07) is 2.34. The summed E-state index contributed by atoms with van der Waals surface area (Å²) < 4.78 is 0. The lowest BCUT2D eigenvalue weighted by atomic mass is 10.3. The van der Waals surface area contributed by atoms with Crippen LogP contribution in [0.4, 0.5) is 11.8 Å². The number of rotatable bonds is 7. The standard InChI is InChI=1S/C13H25N5/c1-10(2)15-12-9-11(3)16-13(17-12)14-7-6-8-18(4)5/h9-10H,6-8H2,1-5H3,(H2,14,15,16,17). The quantitative estimate of drug-likeness (QED) is 0.726. The van der Waals surface area contributed by atoms with E-state index in [1.807, 2.05) is 13.0 Å². The molecule has 0 aliphatic heterocycles. The molecule has 0 saturated carbocycles. The fraction of sp³-hybridized carbons (Fsp3) is 0.692. The predicted molar refractivity (Wildman–Crippen MR) is 77.2 cm³/mol. The van der Waals surface area contributed by atoms with Gasteiger partial charge in [0.2, 0.25) is 5.95 Å². The van der Waals surface area contributed by atoms with Gasteiger partial charge in [0.1, 0.15) is 5.82 Å². The second-order valence-electron chi connectivity index (χ2n) is 5.10. The number of anilines is 2. The minimum atomic E-state index is 0.376. The molecule has 2 N–H and O–H groups in total. The predicted octanol–water partition coefficient (Wildman–Crippen LogP) is 1.97. The maximum atomic E-state index is 4.44. The Kier molecular flexibility index (Phi) is 5.85. The van der Waals surface area contributed by atoms with E-state index in [-0.39, 0.29) is 0 Å². The number of aryl methyl sites for hydroxylation is 1. The molecule has 5 nitrogen and oxygen atoms in total. The molecule has 1 heterocycles. The first-order chi connectivity index (χ1) is 8.47. The van der Waals surface area contributed by atoms with E-state index in [9.17, 15) is 0 Å². The number of aromatic nitrogens is 2. The summed E-state index contributed by atoms with van der Waals surface area (Å²) in [5.74, 6) is 1.59. The monoisotopic (exact) mass is 251 g/mol. The van der Waals surface area contributed by atoms with E-state index in [1.54, 1.807) is 0 Å². The minimum Gasteiger partial charge on any atom is -0.368 e. The van der Waals surface area contributed by atoms with Gasteiger partial charge in [-0.2, -0.15) is 4.98 Å². The van der Waals surface area contributed by atoms with Crippen molar-refractivity contribution >= 4 is 11.8 Å². The second kappa shape index (κ2) is 7.16. The zero-order valence-corrected chi connectivity index (χ0v) is 12.1. The van der Waals surface area contributed by atoms with Crippen LogP contribution in [0.25, 0.3) is 0 Å². The van der Waals surface area contributed by atoms with Crippen molar-refractivity contribution in [3.63, 3.8) is 0 Å². The topological polar surface area (TPSA) is 53.1 Å². The van der Waals surface area contributed by atoms with Crippen LogP contribution in [0.15, 0.2) is 6.07 Å². The Morgan fingerprint density at radius 2 is 2.00 bits per heavy atom. The summed E-state index contributed by atoms with van der Waals surface area (Å²) in [4.78, 5) is 11.0. The van der Waals surface area contributed by atoms with Crippen LogP contribution in [0.1, 0.15) is 26.0 Å². The van der Waals surface area contributed by atoms with Gasteiger partial charge in [-0.3, -0.25) is 0 Å². The third-order valence-corrected chi connectivity index (χ3v) is 2.36. The molecule has 0 fully saturated rings. The fourth-order valence-electron chi connectivity index (χ4n) is 1.61. The van der Waals surface area contributed by atoms with Crippen LogP contribution in [-0.4, -0.2) is 48.1 Å². The molecular formula is C13H25N5. The van der Waals surface area contributed by atoms with Gasteiger partial charge in [0.15, 0.2) is 0 Å². The van der Waals surface area contributed by atoms with E-state index in [1.165, 1.54) is 0 Å². The van der Waals surface area contributed by atoms with Crippen molar-refractivity contribution in [3.05, 3.63) is 11.8 Å². The highest BCUT2D eigenvalue weighted by molar-refractivity contribution is 5.42. The van der Waals surface area contributed by atoms with Crippen molar-refractivity contribution in [1.82, 2.24) is 14.9 Å². The van der Waals surface area contributed by atoms with Gasteiger partial charge in [-0.15, -0.1) is 0 Å². The van der Waals surface area contributed by atoms with Crippen LogP contribution in [0.3, 0.4) is 0 Å². The summed E-state index contributed by atoms with van der Waals surface area (Å²) >= 11 is 0. The van der Waals surface area contributed by atoms with E-state index in [0.29, 0.717) is 12.0 Å². The zero-order valence-electron chi connectivity index (χ0n) is 12.1. The molecule has 0 aliphatic carbocycles. The Balaban J connectivity index is 2.51. The minimum absolute atomic E-state index is 0.376. The van der Waals surface area contributed by atoms with E-state index in [2.05, 4.69) is 53.4 Å². The summed E-state index contributed by atoms with van der Waals surface area (Å²) in [6.07, 6.45) is 1.08. The van der Waals surface area contributed by atoms with Gasteiger partial charge in [-0.25, -0.2) is 4.98 Å². The van der Waals surface area contributed by atoms with Gasteiger partial charge < -0.3 is 15.5 Å². The summed E-state index contributed by atoms with van der Waals surface area (Å²) in [5, 5.41) is 6.56. The van der Waals surface area contributed by atoms with Crippen molar-refractivity contribution < 1.29 is 0 Å². The molecule has 102 valence electrons. The van der Waals surface area contributed by atoms with Crippen molar-refractivity contribution in [1.29, 1.82) is 0 Å². The van der Waals surface area contributed by atoms with Crippen LogP contribution in [-0.2, 0) is 0 Å². The summed E-state index contributed by atoms with van der Waals surface area (Å²) in [5.41, 5.74) is 0.975. The van der Waals surface area contributed by atoms with Gasteiger partial charge in [0.25, 0.3) is 0 Å². The molecule has 0 spiro atoms. The number of hydrogen-bond acceptors (Lipinski definition) is 5. The van der Waals surface area contributed by atoms with Gasteiger partial charge in [0, 0.05) is 24.3 Å². The lowest BCUT2D eigenvalue weighted by Crippen LogP contribution is -2.17. The van der Waals surface area contributed by atoms with Crippen LogP contribution >= 0.6 is 0 Å². The molecule has 18 heavy (non-hydrogen) atoms. The number of nitrogens with zero attached hydrogens (tertiary/aromatic N) is 3. The molecule has 5 heteroatoms. The molecule has 0 aliphatic rings. The first kappa shape index (κ1) is 14.7. The molecule has 0 unspecified atom stereocenters. The molecule has 0 saturated heterocycles. The third kappa shape index (κ3) is 5.82. The van der Waals surface area contributed by atoms with Crippen molar-refractivity contribution in [3.8, 4) is 0 Å². The van der Waals surface area contributed by atoms with Crippen LogP contribution in [0.5, 0.6) is 0 Å². The molecule has 0 radical (unpaired) electrons. The summed E-state index contributed by atoms with van der Waals surface area (Å²) in [7, 11) is 4.15. The van der Waals surface area contributed by atoms with Crippen molar-refractivity contribution in [2.24, 2.45) is 0 Å². The molecule has 0 atom stereocenters. The van der Waals surface area contributed by atoms with Gasteiger partial charge in [-0.1, -0.05) is 0 Å². The summed E-state index contributed by atoms with van der Waals surface area (Å²) in [6.45, 7) is 8.14. The SMILES string of the molecule is Cc1cc(NC(C)C)nc(NCCCN(C)C)n1. The van der Waals surface area contributed by atoms with Crippen molar-refractivity contribution in [2.75, 3.05) is 37.8 Å². The first-order valence-electron chi connectivity index (χ1n) is 6.48. The normalized spacial score (nSPS) is 11.1. The third-order valence-electron chi connectivity index (χ3n) is 2.36. The number of nitrogens with one attached hydrogen (secondary N) is 2. The average Bonchev–Trinajstić information content (AvgIpc) is 2.22. The number of hydrogen-bond donors (Lipinski definition) is 2. The Labute approximate surface area is 110 Å². The van der Waals surface area contributed by atoms with E-state index < -0.39 is 0 Å². The van der Waals surface area contributed by atoms with Gasteiger partial charge in [-0.05, 0) is 47.8 Å². The van der Waals surface area contributed by atoms with Gasteiger partial charge in [0.05, 0.1) is 0 Å². The smallest absolute Gasteiger partial charge is 0.224 e. The Hall–Kier alpha value is -1.36. The Morgan fingerprint density at radius 3 is 2.61 bits per heavy atom.